The number of ether oxygens (including phenoxy) is 1. The molecule has 0 aliphatic heterocycles. The van der Waals surface area contributed by atoms with Crippen LogP contribution in [0.25, 0.3) is 0 Å². The normalized spacial score (nSPS) is 10.7. The monoisotopic (exact) mass is 388 g/mol. The summed E-state index contributed by atoms with van der Waals surface area (Å²) in [5, 5.41) is 14.1. The minimum atomic E-state index is -0.467. The van der Waals surface area contributed by atoms with Gasteiger partial charge < -0.3 is 10.1 Å². The zero-order valence-corrected chi connectivity index (χ0v) is 16.8. The van der Waals surface area contributed by atoms with Crippen molar-refractivity contribution >= 4 is 29.0 Å². The Morgan fingerprint density at radius 2 is 2.04 bits per heavy atom. The van der Waals surface area contributed by atoms with Crippen molar-refractivity contribution in [3.05, 3.63) is 63.2 Å². The highest BCUT2D eigenvalue weighted by atomic mass is 32.2. The number of amides is 1. The van der Waals surface area contributed by atoms with Gasteiger partial charge in [-0.3, -0.25) is 14.9 Å². The molecule has 0 heterocycles. The van der Waals surface area contributed by atoms with Crippen LogP contribution in [-0.2, 0) is 10.5 Å². The summed E-state index contributed by atoms with van der Waals surface area (Å²) in [6, 6.07) is 10.8. The molecule has 0 saturated heterocycles. The Morgan fingerprint density at radius 3 is 2.67 bits per heavy atom. The Balaban J connectivity index is 1.98. The molecule has 6 nitrogen and oxygen atoms in total. The molecule has 2 aromatic carbocycles. The van der Waals surface area contributed by atoms with Crippen LogP contribution in [0.1, 0.15) is 36.5 Å². The average molecular weight is 388 g/mol. The fraction of sp³-hybridized carbons (Fsp3) is 0.350. The lowest BCUT2D eigenvalue weighted by molar-refractivity contribution is -0.385. The number of aryl methyl sites for hydroxylation is 1. The largest absolute Gasteiger partial charge is 0.490 e. The second-order valence-corrected chi connectivity index (χ2v) is 7.48. The number of benzene rings is 2. The highest BCUT2D eigenvalue weighted by molar-refractivity contribution is 7.99. The predicted octanol–water partition coefficient (Wildman–Crippen LogP) is 4.91. The minimum Gasteiger partial charge on any atom is -0.490 e. The van der Waals surface area contributed by atoms with Crippen molar-refractivity contribution in [1.82, 2.24) is 0 Å². The number of nitro benzene ring substituents is 1. The van der Waals surface area contributed by atoms with Crippen molar-refractivity contribution in [2.24, 2.45) is 0 Å². The summed E-state index contributed by atoms with van der Waals surface area (Å²) in [5.41, 5.74) is 3.73. The van der Waals surface area contributed by atoms with E-state index in [0.29, 0.717) is 11.7 Å². The standard InChI is InChI=1S/C20H24N2O4S/c1-13(2)16-7-5-6-14(3)20(16)21-19(23)12-27-11-15-8-9-18(26-4)17(10-15)22(24)25/h5-10,13H,11-12H2,1-4H3,(H,21,23). The number of anilines is 1. The number of nitrogens with zero attached hydrogens (tertiary/aromatic N) is 1. The molecule has 144 valence electrons. The number of methoxy groups -OCH3 is 1. The van der Waals surface area contributed by atoms with Gasteiger partial charge in [0.05, 0.1) is 17.8 Å². The molecule has 27 heavy (non-hydrogen) atoms. The number of hydrogen-bond acceptors (Lipinski definition) is 5. The zero-order valence-electron chi connectivity index (χ0n) is 15.9. The maximum Gasteiger partial charge on any atom is 0.311 e. The number of rotatable bonds is 8. The van der Waals surface area contributed by atoms with E-state index in [9.17, 15) is 14.9 Å². The Hall–Kier alpha value is -2.54. The number of para-hydroxylation sites is 1. The van der Waals surface area contributed by atoms with Crippen molar-refractivity contribution in [3.8, 4) is 5.75 Å². The molecule has 2 rings (SSSR count). The van der Waals surface area contributed by atoms with Gasteiger partial charge >= 0.3 is 5.69 Å². The van der Waals surface area contributed by atoms with E-state index >= 15 is 0 Å². The molecular weight excluding hydrogens is 364 g/mol. The van der Waals surface area contributed by atoms with E-state index in [1.807, 2.05) is 25.1 Å². The summed E-state index contributed by atoms with van der Waals surface area (Å²) in [6.45, 7) is 6.16. The molecule has 0 atom stereocenters. The maximum atomic E-state index is 12.3. The van der Waals surface area contributed by atoms with Gasteiger partial charge in [-0.1, -0.05) is 38.1 Å². The van der Waals surface area contributed by atoms with Crippen molar-refractivity contribution in [2.75, 3.05) is 18.2 Å². The first-order valence-electron chi connectivity index (χ1n) is 8.62. The highest BCUT2D eigenvalue weighted by Crippen LogP contribution is 2.30. The number of hydrogen-bond donors (Lipinski definition) is 1. The van der Waals surface area contributed by atoms with E-state index in [0.717, 1.165) is 22.4 Å². The first kappa shape index (κ1) is 20.8. The van der Waals surface area contributed by atoms with E-state index in [1.54, 1.807) is 12.1 Å². The SMILES string of the molecule is COc1ccc(CSCC(=O)Nc2c(C)cccc2C(C)C)cc1[N+](=O)[O-]. The molecule has 0 saturated carbocycles. The molecule has 0 aliphatic carbocycles. The lowest BCUT2D eigenvalue weighted by Gasteiger charge is -2.16. The van der Waals surface area contributed by atoms with Crippen LogP contribution in [0.15, 0.2) is 36.4 Å². The summed E-state index contributed by atoms with van der Waals surface area (Å²) in [6.07, 6.45) is 0. The molecule has 0 fully saturated rings. The Kier molecular flexibility index (Phi) is 7.24. The number of carbonyl (C=O) groups is 1. The van der Waals surface area contributed by atoms with E-state index in [-0.39, 0.29) is 23.1 Å². The van der Waals surface area contributed by atoms with E-state index in [1.165, 1.54) is 24.9 Å². The first-order chi connectivity index (χ1) is 12.8. The van der Waals surface area contributed by atoms with Crippen LogP contribution in [0.3, 0.4) is 0 Å². The first-order valence-corrected chi connectivity index (χ1v) is 9.77. The lowest BCUT2D eigenvalue weighted by atomic mass is 9.98. The molecule has 2 aromatic rings. The summed E-state index contributed by atoms with van der Waals surface area (Å²) in [4.78, 5) is 23.0. The number of nitro groups is 1. The zero-order chi connectivity index (χ0) is 20.0. The third-order valence-corrected chi connectivity index (χ3v) is 5.14. The van der Waals surface area contributed by atoms with Gasteiger partial charge in [-0.25, -0.2) is 0 Å². The molecule has 0 bridgehead atoms. The van der Waals surface area contributed by atoms with Crippen molar-refractivity contribution in [2.45, 2.75) is 32.4 Å². The van der Waals surface area contributed by atoms with Crippen LogP contribution in [-0.4, -0.2) is 23.7 Å². The summed E-state index contributed by atoms with van der Waals surface area (Å²) in [7, 11) is 1.40. The number of thioether (sulfide) groups is 1. The van der Waals surface area contributed by atoms with Gasteiger partial charge in [0.1, 0.15) is 0 Å². The van der Waals surface area contributed by atoms with Crippen LogP contribution < -0.4 is 10.1 Å². The molecule has 1 amide bonds. The van der Waals surface area contributed by atoms with Gasteiger partial charge in [-0.05, 0) is 35.6 Å². The molecule has 0 spiro atoms. The van der Waals surface area contributed by atoms with Crippen molar-refractivity contribution < 1.29 is 14.5 Å². The average Bonchev–Trinajstić information content (AvgIpc) is 2.63. The topological polar surface area (TPSA) is 81.5 Å². The Labute approximate surface area is 163 Å². The van der Waals surface area contributed by atoms with Gasteiger partial charge in [0.15, 0.2) is 5.75 Å². The third-order valence-electron chi connectivity index (χ3n) is 4.13. The van der Waals surface area contributed by atoms with Gasteiger partial charge in [0.2, 0.25) is 5.91 Å². The van der Waals surface area contributed by atoms with Crippen LogP contribution in [0.4, 0.5) is 11.4 Å². The predicted molar refractivity (Wildman–Crippen MR) is 110 cm³/mol. The van der Waals surface area contributed by atoms with Crippen LogP contribution in [0, 0.1) is 17.0 Å². The van der Waals surface area contributed by atoms with Crippen molar-refractivity contribution in [1.29, 1.82) is 0 Å². The molecular formula is C20H24N2O4S. The summed E-state index contributed by atoms with van der Waals surface area (Å²) < 4.78 is 5.00. The Bertz CT molecular complexity index is 837. The van der Waals surface area contributed by atoms with Gasteiger partial charge in [0, 0.05) is 17.5 Å². The molecule has 0 aromatic heterocycles. The highest BCUT2D eigenvalue weighted by Gasteiger charge is 2.16. The maximum absolute atomic E-state index is 12.3. The van der Waals surface area contributed by atoms with Gasteiger partial charge in [-0.2, -0.15) is 0 Å². The number of nitrogens with one attached hydrogen (secondary N) is 1. The molecule has 0 radical (unpaired) electrons. The van der Waals surface area contributed by atoms with Gasteiger partial charge in [-0.15, -0.1) is 11.8 Å². The molecule has 1 N–H and O–H groups in total. The quantitative estimate of drug-likeness (QED) is 0.513. The minimum absolute atomic E-state index is 0.0680. The fourth-order valence-electron chi connectivity index (χ4n) is 2.75. The van der Waals surface area contributed by atoms with Crippen LogP contribution in [0.2, 0.25) is 0 Å². The lowest BCUT2D eigenvalue weighted by Crippen LogP contribution is -2.16. The van der Waals surface area contributed by atoms with E-state index < -0.39 is 4.92 Å². The van der Waals surface area contributed by atoms with Crippen LogP contribution >= 0.6 is 11.8 Å². The number of carbonyl (C=O) groups excluding carboxylic acids is 1. The third kappa shape index (κ3) is 5.47. The fourth-order valence-corrected chi connectivity index (χ4v) is 3.52. The molecule has 7 heteroatoms. The van der Waals surface area contributed by atoms with E-state index in [2.05, 4.69) is 19.2 Å². The van der Waals surface area contributed by atoms with Crippen LogP contribution in [0.5, 0.6) is 5.75 Å². The second kappa shape index (κ2) is 9.41. The smallest absolute Gasteiger partial charge is 0.311 e. The van der Waals surface area contributed by atoms with Crippen molar-refractivity contribution in [3.63, 3.8) is 0 Å². The van der Waals surface area contributed by atoms with E-state index in [4.69, 9.17) is 4.74 Å². The summed E-state index contributed by atoms with van der Waals surface area (Å²) >= 11 is 1.41. The van der Waals surface area contributed by atoms with Gasteiger partial charge in [0.25, 0.3) is 0 Å². The molecule has 0 unspecified atom stereocenters. The molecule has 0 aliphatic rings. The second-order valence-electron chi connectivity index (χ2n) is 6.50. The Morgan fingerprint density at radius 1 is 1.30 bits per heavy atom. The summed E-state index contributed by atoms with van der Waals surface area (Å²) in [5.74, 6) is 1.23.